The molecule has 0 saturated heterocycles. The van der Waals surface area contributed by atoms with Crippen molar-refractivity contribution in [1.82, 2.24) is 0 Å². The minimum Gasteiger partial charge on any atom is -0.400 e. The minimum absolute atomic E-state index is 0.231. The van der Waals surface area contributed by atoms with Gasteiger partial charge >= 0.3 is 0 Å². The van der Waals surface area contributed by atoms with Crippen LogP contribution >= 0.6 is 47.0 Å². The van der Waals surface area contributed by atoms with Gasteiger partial charge in [0, 0.05) is 11.9 Å². The zero-order valence-corrected chi connectivity index (χ0v) is 19.0. The first-order valence-corrected chi connectivity index (χ1v) is 11.0. The fraction of sp³-hybridized carbons (Fsp3) is 0.200. The number of halogens is 2. The Bertz CT molecular complexity index is 900. The van der Waals surface area contributed by atoms with Gasteiger partial charge in [-0.3, -0.25) is 4.79 Å². The summed E-state index contributed by atoms with van der Waals surface area (Å²) in [6.07, 6.45) is 2.60. The molecular weight excluding hydrogens is 435 g/mol. The molecule has 0 N–H and O–H groups in total. The van der Waals surface area contributed by atoms with Crippen LogP contribution < -0.4 is 4.90 Å². The smallest absolute Gasteiger partial charge is 0.236 e. The summed E-state index contributed by atoms with van der Waals surface area (Å²) < 4.78 is 5.77. The number of carbonyl (C=O) groups is 1. The van der Waals surface area contributed by atoms with Crippen LogP contribution in [0, 0.1) is 6.92 Å². The number of anilines is 1. The summed E-state index contributed by atoms with van der Waals surface area (Å²) in [6, 6.07) is 13.3. The minimum atomic E-state index is 0.231. The topological polar surface area (TPSA) is 41.9 Å². The van der Waals surface area contributed by atoms with Crippen molar-refractivity contribution in [3.63, 3.8) is 0 Å². The Morgan fingerprint density at radius 1 is 1.18 bits per heavy atom. The fourth-order valence-corrected chi connectivity index (χ4v) is 3.66. The van der Waals surface area contributed by atoms with Gasteiger partial charge < -0.3 is 9.08 Å². The number of thioether (sulfide) groups is 1. The van der Waals surface area contributed by atoms with E-state index in [4.69, 9.17) is 27.4 Å². The normalized spacial score (nSPS) is 12.4. The van der Waals surface area contributed by atoms with Gasteiger partial charge in [0.2, 0.25) is 5.88 Å². The van der Waals surface area contributed by atoms with Crippen molar-refractivity contribution in [3.8, 4) is 0 Å². The van der Waals surface area contributed by atoms with E-state index in [0.29, 0.717) is 26.5 Å². The Labute approximate surface area is 184 Å². The van der Waals surface area contributed by atoms with Crippen LogP contribution in [0.25, 0.3) is 0 Å². The molecule has 0 atom stereocenters. The number of aliphatic imine (C=N–C) groups is 1. The third-order valence-corrected chi connectivity index (χ3v) is 5.96. The van der Waals surface area contributed by atoms with Crippen LogP contribution in [0.2, 0.25) is 10.0 Å². The van der Waals surface area contributed by atoms with Crippen molar-refractivity contribution >= 4 is 64.1 Å². The third-order valence-electron chi connectivity index (χ3n) is 3.71. The number of benzene rings is 2. The zero-order chi connectivity index (χ0) is 20.7. The first kappa shape index (κ1) is 22.7. The van der Waals surface area contributed by atoms with E-state index in [1.54, 1.807) is 17.9 Å². The first-order valence-electron chi connectivity index (χ1n) is 8.25. The molecule has 0 aliphatic heterocycles. The number of amidine groups is 1. The molecule has 2 rings (SSSR count). The van der Waals surface area contributed by atoms with Crippen LogP contribution in [0.4, 0.5) is 5.69 Å². The molecule has 8 heteroatoms. The van der Waals surface area contributed by atoms with Crippen molar-refractivity contribution in [2.24, 2.45) is 4.99 Å². The molecular formula is C20H20Cl2N2O2S2. The molecule has 28 heavy (non-hydrogen) atoms. The zero-order valence-electron chi connectivity index (χ0n) is 15.9. The van der Waals surface area contributed by atoms with Crippen LogP contribution in [-0.4, -0.2) is 24.8 Å². The lowest BCUT2D eigenvalue weighted by molar-refractivity contribution is -0.105. The quantitative estimate of drug-likeness (QED) is 0.122. The number of allylic oxidation sites excluding steroid dienone is 1. The lowest BCUT2D eigenvalue weighted by atomic mass is 10.2. The van der Waals surface area contributed by atoms with Crippen molar-refractivity contribution < 1.29 is 8.98 Å². The van der Waals surface area contributed by atoms with Gasteiger partial charge in [0.1, 0.15) is 0 Å². The largest absolute Gasteiger partial charge is 0.400 e. The van der Waals surface area contributed by atoms with Gasteiger partial charge in [0.25, 0.3) is 0 Å². The third kappa shape index (κ3) is 5.95. The second-order valence-corrected chi connectivity index (χ2v) is 8.18. The molecule has 2 aromatic rings. The van der Waals surface area contributed by atoms with E-state index < -0.39 is 0 Å². The standard InChI is InChI=1S/C20H20Cl2N2O2S2/c1-13-8-10-15(11-9-13)28-26-19(14(2)12-25)23-20(27-4)24(3)17-7-5-6-16(21)18(17)22/h5-12H,1-4H3/b19-14+,23-20+. The maximum Gasteiger partial charge on any atom is 0.236 e. The number of hydrogen-bond donors (Lipinski definition) is 0. The lowest BCUT2D eigenvalue weighted by Crippen LogP contribution is -2.24. The highest BCUT2D eigenvalue weighted by atomic mass is 35.5. The van der Waals surface area contributed by atoms with E-state index in [9.17, 15) is 4.79 Å². The van der Waals surface area contributed by atoms with Gasteiger partial charge in [-0.2, -0.15) is 4.99 Å². The Kier molecular flexibility index (Phi) is 8.76. The lowest BCUT2D eigenvalue weighted by Gasteiger charge is -2.22. The van der Waals surface area contributed by atoms with Crippen LogP contribution in [0.15, 0.2) is 63.8 Å². The Balaban J connectivity index is 2.31. The summed E-state index contributed by atoms with van der Waals surface area (Å²) in [5.74, 6) is 0.231. The van der Waals surface area contributed by atoms with Gasteiger partial charge in [-0.25, -0.2) is 0 Å². The molecule has 0 radical (unpaired) electrons. The maximum absolute atomic E-state index is 11.3. The summed E-state index contributed by atoms with van der Waals surface area (Å²) in [7, 11) is 1.83. The van der Waals surface area contributed by atoms with Crippen molar-refractivity contribution in [2.45, 2.75) is 18.7 Å². The van der Waals surface area contributed by atoms with Gasteiger partial charge in [0.05, 0.1) is 33.3 Å². The summed E-state index contributed by atoms with van der Waals surface area (Å²) in [4.78, 5) is 18.6. The predicted octanol–water partition coefficient (Wildman–Crippen LogP) is 6.61. The fourth-order valence-electron chi connectivity index (χ4n) is 2.10. The molecule has 0 spiro atoms. The summed E-state index contributed by atoms with van der Waals surface area (Å²) in [5, 5.41) is 1.49. The highest BCUT2D eigenvalue weighted by molar-refractivity contribution is 8.13. The second-order valence-electron chi connectivity index (χ2n) is 5.82. The molecule has 0 aromatic heterocycles. The van der Waals surface area contributed by atoms with Crippen LogP contribution in [0.3, 0.4) is 0 Å². The molecule has 0 aliphatic carbocycles. The number of hydrogen-bond acceptors (Lipinski definition) is 5. The van der Waals surface area contributed by atoms with Gasteiger partial charge in [0.15, 0.2) is 11.5 Å². The molecule has 0 fully saturated rings. The molecule has 4 nitrogen and oxygen atoms in total. The Morgan fingerprint density at radius 2 is 1.86 bits per heavy atom. The molecule has 0 aliphatic rings. The SMILES string of the molecule is CS/C(=N/C(OSc1ccc(C)cc1)=C(/C)C=O)N(C)c1cccc(Cl)c1Cl. The van der Waals surface area contributed by atoms with E-state index in [1.165, 1.54) is 11.8 Å². The van der Waals surface area contributed by atoms with Gasteiger partial charge in [-0.1, -0.05) is 58.7 Å². The first-order chi connectivity index (χ1) is 13.4. The van der Waals surface area contributed by atoms with Gasteiger partial charge in [-0.05, 0) is 44.4 Å². The van der Waals surface area contributed by atoms with E-state index in [-0.39, 0.29) is 5.88 Å². The van der Waals surface area contributed by atoms with Crippen LogP contribution in [0.5, 0.6) is 0 Å². The maximum atomic E-state index is 11.3. The number of rotatable bonds is 6. The van der Waals surface area contributed by atoms with Crippen molar-refractivity contribution in [1.29, 1.82) is 0 Å². The summed E-state index contributed by atoms with van der Waals surface area (Å²) in [5.41, 5.74) is 2.25. The number of aryl methyl sites for hydroxylation is 1. The van der Waals surface area contributed by atoms with E-state index in [1.807, 2.05) is 56.6 Å². The van der Waals surface area contributed by atoms with Crippen LogP contribution in [0.1, 0.15) is 12.5 Å². The highest BCUT2D eigenvalue weighted by Crippen LogP contribution is 2.33. The molecule has 0 heterocycles. The summed E-state index contributed by atoms with van der Waals surface area (Å²) >= 11 is 15.0. The molecule has 0 amide bonds. The molecule has 2 aromatic carbocycles. The van der Waals surface area contributed by atoms with E-state index >= 15 is 0 Å². The average Bonchev–Trinajstić information content (AvgIpc) is 2.70. The molecule has 0 saturated carbocycles. The number of aldehydes is 1. The van der Waals surface area contributed by atoms with E-state index in [2.05, 4.69) is 4.99 Å². The second kappa shape index (κ2) is 10.8. The monoisotopic (exact) mass is 454 g/mol. The van der Waals surface area contributed by atoms with E-state index in [0.717, 1.165) is 28.8 Å². The molecule has 0 unspecified atom stereocenters. The van der Waals surface area contributed by atoms with Crippen LogP contribution in [-0.2, 0) is 8.98 Å². The average molecular weight is 455 g/mol. The highest BCUT2D eigenvalue weighted by Gasteiger charge is 2.16. The summed E-state index contributed by atoms with van der Waals surface area (Å²) in [6.45, 7) is 3.68. The molecule has 0 bridgehead atoms. The van der Waals surface area contributed by atoms with Gasteiger partial charge in [-0.15, -0.1) is 0 Å². The Hall–Kier alpha value is -1.60. The Morgan fingerprint density at radius 3 is 2.46 bits per heavy atom. The number of nitrogens with zero attached hydrogens (tertiary/aromatic N) is 2. The number of carbonyl (C=O) groups excluding carboxylic acids is 1. The van der Waals surface area contributed by atoms with Crippen molar-refractivity contribution in [2.75, 3.05) is 18.2 Å². The molecule has 148 valence electrons. The predicted molar refractivity (Wildman–Crippen MR) is 123 cm³/mol. The van der Waals surface area contributed by atoms with Crippen molar-refractivity contribution in [3.05, 3.63) is 69.5 Å².